The third kappa shape index (κ3) is 1.35. The lowest BCUT2D eigenvalue weighted by atomic mass is 9.72. The second kappa shape index (κ2) is 3.61. The van der Waals surface area contributed by atoms with Crippen LogP contribution in [0.5, 0.6) is 0 Å². The predicted octanol–water partition coefficient (Wildman–Crippen LogP) is 2.93. The van der Waals surface area contributed by atoms with E-state index < -0.39 is 0 Å². The fourth-order valence-corrected chi connectivity index (χ4v) is 4.73. The van der Waals surface area contributed by atoms with Crippen molar-refractivity contribution in [1.82, 2.24) is 0 Å². The molecule has 4 unspecified atom stereocenters. The smallest absolute Gasteiger partial charge is 0.330 e. The first-order valence-corrected chi connectivity index (χ1v) is 6.54. The summed E-state index contributed by atoms with van der Waals surface area (Å²) in [7, 11) is 0. The van der Waals surface area contributed by atoms with Gasteiger partial charge in [0.25, 0.3) is 0 Å². The minimum atomic E-state index is -0.251. The Kier molecular flexibility index (Phi) is 2.34. The van der Waals surface area contributed by atoms with Crippen LogP contribution in [0.3, 0.4) is 0 Å². The van der Waals surface area contributed by atoms with Gasteiger partial charge in [0.2, 0.25) is 0 Å². The molecule has 0 aromatic rings. The van der Waals surface area contributed by atoms with E-state index in [2.05, 4.69) is 6.58 Å². The normalized spacial score (nSPS) is 44.4. The summed E-state index contributed by atoms with van der Waals surface area (Å²) < 4.78 is 5.35. The highest BCUT2D eigenvalue weighted by molar-refractivity contribution is 5.81. The van der Waals surface area contributed by atoms with E-state index in [1.165, 1.54) is 44.6 Å². The summed E-state index contributed by atoms with van der Waals surface area (Å²) in [6, 6.07) is 0. The highest BCUT2D eigenvalue weighted by Crippen LogP contribution is 2.65. The SMILES string of the molecule is C=CC(=O)OCC12CCC(C1)C1CCCC12. The minimum absolute atomic E-state index is 0.251. The lowest BCUT2D eigenvalue weighted by Gasteiger charge is -2.35. The number of carbonyl (C=O) groups excluding carboxylic acids is 1. The maximum Gasteiger partial charge on any atom is 0.330 e. The third-order valence-corrected chi connectivity index (χ3v) is 5.31. The number of carbonyl (C=O) groups is 1. The van der Waals surface area contributed by atoms with Crippen LogP contribution in [0.15, 0.2) is 12.7 Å². The molecule has 3 aliphatic rings. The number of ether oxygens (including phenoxy) is 1. The van der Waals surface area contributed by atoms with Crippen LogP contribution in [0.2, 0.25) is 0 Å². The van der Waals surface area contributed by atoms with Gasteiger partial charge in [0.05, 0.1) is 6.61 Å². The molecule has 0 radical (unpaired) electrons. The van der Waals surface area contributed by atoms with Crippen molar-refractivity contribution < 1.29 is 9.53 Å². The van der Waals surface area contributed by atoms with E-state index in [1.807, 2.05) is 0 Å². The van der Waals surface area contributed by atoms with Crippen molar-refractivity contribution in [2.75, 3.05) is 6.61 Å². The summed E-state index contributed by atoms with van der Waals surface area (Å²) in [6.07, 6.45) is 9.43. The standard InChI is InChI=1S/C14H20O2/c1-2-13(15)16-9-14-7-6-10(8-14)11-4-3-5-12(11)14/h2,10-12H,1,3-9H2. The van der Waals surface area contributed by atoms with Gasteiger partial charge in [0, 0.05) is 11.5 Å². The Labute approximate surface area is 97.1 Å². The lowest BCUT2D eigenvalue weighted by Crippen LogP contribution is -2.33. The molecule has 0 aromatic carbocycles. The highest BCUT2D eigenvalue weighted by Gasteiger charge is 2.59. The van der Waals surface area contributed by atoms with E-state index in [4.69, 9.17) is 4.74 Å². The van der Waals surface area contributed by atoms with E-state index in [0.717, 1.165) is 17.8 Å². The van der Waals surface area contributed by atoms with Crippen LogP contribution < -0.4 is 0 Å². The fraction of sp³-hybridized carbons (Fsp3) is 0.786. The monoisotopic (exact) mass is 220 g/mol. The number of hydrogen-bond donors (Lipinski definition) is 0. The molecule has 0 heterocycles. The van der Waals surface area contributed by atoms with Gasteiger partial charge in [-0.25, -0.2) is 4.79 Å². The molecule has 2 nitrogen and oxygen atoms in total. The Morgan fingerprint density at radius 3 is 3.12 bits per heavy atom. The summed E-state index contributed by atoms with van der Waals surface area (Å²) >= 11 is 0. The topological polar surface area (TPSA) is 26.3 Å². The molecule has 0 saturated heterocycles. The molecular formula is C14H20O2. The van der Waals surface area contributed by atoms with Crippen molar-refractivity contribution >= 4 is 5.97 Å². The predicted molar refractivity (Wildman–Crippen MR) is 61.8 cm³/mol. The van der Waals surface area contributed by atoms with Crippen molar-refractivity contribution in [3.63, 3.8) is 0 Å². The number of hydrogen-bond acceptors (Lipinski definition) is 2. The fourth-order valence-electron chi connectivity index (χ4n) is 4.73. The first-order valence-electron chi connectivity index (χ1n) is 6.54. The first kappa shape index (κ1) is 10.4. The van der Waals surface area contributed by atoms with Crippen LogP contribution in [0.1, 0.15) is 38.5 Å². The zero-order valence-electron chi connectivity index (χ0n) is 9.78. The Hall–Kier alpha value is -0.790. The highest BCUT2D eigenvalue weighted by atomic mass is 16.5. The van der Waals surface area contributed by atoms with Gasteiger partial charge in [-0.15, -0.1) is 0 Å². The Morgan fingerprint density at radius 2 is 2.31 bits per heavy atom. The van der Waals surface area contributed by atoms with Gasteiger partial charge in [0.1, 0.15) is 0 Å². The van der Waals surface area contributed by atoms with Gasteiger partial charge >= 0.3 is 5.97 Å². The molecule has 88 valence electrons. The maximum absolute atomic E-state index is 11.2. The molecule has 0 aliphatic heterocycles. The molecule has 2 heteroatoms. The van der Waals surface area contributed by atoms with E-state index >= 15 is 0 Å². The molecule has 2 bridgehead atoms. The van der Waals surface area contributed by atoms with Gasteiger partial charge in [-0.3, -0.25) is 0 Å². The van der Waals surface area contributed by atoms with E-state index in [1.54, 1.807) is 0 Å². The largest absolute Gasteiger partial charge is 0.462 e. The van der Waals surface area contributed by atoms with E-state index in [0.29, 0.717) is 12.0 Å². The molecule has 0 amide bonds. The molecule has 0 N–H and O–H groups in total. The average molecular weight is 220 g/mol. The zero-order chi connectivity index (χ0) is 11.2. The summed E-state index contributed by atoms with van der Waals surface area (Å²) in [5.74, 6) is 2.49. The van der Waals surface area contributed by atoms with Crippen LogP contribution in [-0.2, 0) is 9.53 Å². The van der Waals surface area contributed by atoms with E-state index in [9.17, 15) is 4.79 Å². The van der Waals surface area contributed by atoms with E-state index in [-0.39, 0.29) is 5.97 Å². The average Bonchev–Trinajstić information content (AvgIpc) is 2.97. The number of fused-ring (bicyclic) bond motifs is 5. The Morgan fingerprint density at radius 1 is 1.44 bits per heavy atom. The molecule has 3 aliphatic carbocycles. The lowest BCUT2D eigenvalue weighted by molar-refractivity contribution is -0.142. The summed E-state index contributed by atoms with van der Waals surface area (Å²) in [5, 5.41) is 0. The summed E-state index contributed by atoms with van der Waals surface area (Å²) in [5.41, 5.74) is 0.352. The molecule has 0 spiro atoms. The van der Waals surface area contributed by atoms with Gasteiger partial charge in [0.15, 0.2) is 0 Å². The molecular weight excluding hydrogens is 200 g/mol. The quantitative estimate of drug-likeness (QED) is 0.540. The molecule has 16 heavy (non-hydrogen) atoms. The van der Waals surface area contributed by atoms with Crippen molar-refractivity contribution in [1.29, 1.82) is 0 Å². The summed E-state index contributed by atoms with van der Waals surface area (Å²) in [4.78, 5) is 11.2. The van der Waals surface area contributed by atoms with Gasteiger partial charge in [-0.1, -0.05) is 13.0 Å². The van der Waals surface area contributed by atoms with Gasteiger partial charge in [-0.05, 0) is 49.9 Å². The number of esters is 1. The molecule has 0 aromatic heterocycles. The number of rotatable bonds is 3. The first-order chi connectivity index (χ1) is 7.75. The molecule has 3 saturated carbocycles. The minimum Gasteiger partial charge on any atom is -0.462 e. The van der Waals surface area contributed by atoms with Gasteiger partial charge in [-0.2, -0.15) is 0 Å². The second-order valence-electron chi connectivity index (χ2n) is 5.88. The van der Waals surface area contributed by atoms with Crippen molar-refractivity contribution in [2.24, 2.45) is 23.2 Å². The van der Waals surface area contributed by atoms with Crippen molar-refractivity contribution in [3.8, 4) is 0 Å². The Balaban J connectivity index is 1.72. The molecule has 4 atom stereocenters. The third-order valence-electron chi connectivity index (χ3n) is 5.31. The second-order valence-corrected chi connectivity index (χ2v) is 5.88. The van der Waals surface area contributed by atoms with Crippen LogP contribution in [0.4, 0.5) is 0 Å². The zero-order valence-corrected chi connectivity index (χ0v) is 9.78. The van der Waals surface area contributed by atoms with Crippen LogP contribution in [-0.4, -0.2) is 12.6 Å². The van der Waals surface area contributed by atoms with Crippen LogP contribution in [0.25, 0.3) is 0 Å². The molecule has 3 rings (SSSR count). The van der Waals surface area contributed by atoms with Crippen molar-refractivity contribution in [2.45, 2.75) is 38.5 Å². The molecule has 3 fully saturated rings. The van der Waals surface area contributed by atoms with Crippen LogP contribution in [0, 0.1) is 23.2 Å². The Bertz CT molecular complexity index is 323. The summed E-state index contributed by atoms with van der Waals surface area (Å²) in [6.45, 7) is 4.11. The van der Waals surface area contributed by atoms with Crippen molar-refractivity contribution in [3.05, 3.63) is 12.7 Å². The van der Waals surface area contributed by atoms with Crippen LogP contribution >= 0.6 is 0 Å². The maximum atomic E-state index is 11.2. The van der Waals surface area contributed by atoms with Gasteiger partial charge < -0.3 is 4.74 Å².